The zero-order chi connectivity index (χ0) is 12.4. The Morgan fingerprint density at radius 1 is 1.53 bits per heavy atom. The van der Waals surface area contributed by atoms with Crippen molar-refractivity contribution in [1.82, 2.24) is 4.98 Å². The van der Waals surface area contributed by atoms with Crippen LogP contribution in [0.1, 0.15) is 5.56 Å². The number of benzene rings is 1. The van der Waals surface area contributed by atoms with Crippen molar-refractivity contribution < 1.29 is 0 Å². The van der Waals surface area contributed by atoms with Crippen LogP contribution in [0.4, 0.5) is 11.5 Å². The number of aromatic nitrogens is 1. The summed E-state index contributed by atoms with van der Waals surface area (Å²) >= 11 is 3.48. The second-order valence-electron chi connectivity index (χ2n) is 3.90. The van der Waals surface area contributed by atoms with E-state index in [1.807, 2.05) is 13.0 Å². The molecule has 0 radical (unpaired) electrons. The summed E-state index contributed by atoms with van der Waals surface area (Å²) in [5, 5.41) is 5.24. The van der Waals surface area contributed by atoms with Crippen LogP contribution in [-0.4, -0.2) is 11.5 Å². The molecule has 1 aromatic carbocycles. The lowest BCUT2D eigenvalue weighted by Gasteiger charge is -2.11. The van der Waals surface area contributed by atoms with Gasteiger partial charge in [0.05, 0.1) is 0 Å². The first-order chi connectivity index (χ1) is 8.13. The molecule has 3 nitrogen and oxygen atoms in total. The maximum Gasteiger partial charge on any atom is 0.134 e. The second-order valence-corrected chi connectivity index (χ2v) is 4.76. The number of rotatable bonds is 3. The molecule has 0 aliphatic heterocycles. The highest BCUT2D eigenvalue weighted by atomic mass is 79.9. The van der Waals surface area contributed by atoms with Gasteiger partial charge < -0.3 is 11.1 Å². The molecule has 17 heavy (non-hydrogen) atoms. The predicted octanol–water partition coefficient (Wildman–Crippen LogP) is 3.49. The van der Waals surface area contributed by atoms with E-state index in [-0.39, 0.29) is 0 Å². The van der Waals surface area contributed by atoms with Crippen LogP contribution in [0.25, 0.3) is 10.8 Å². The van der Waals surface area contributed by atoms with Crippen molar-refractivity contribution in [1.29, 1.82) is 0 Å². The molecule has 0 bridgehead atoms. The van der Waals surface area contributed by atoms with Crippen molar-refractivity contribution in [2.75, 3.05) is 17.6 Å². The fraction of sp³-hybridized carbons (Fsp3) is 0.154. The molecule has 88 valence electrons. The Balaban J connectivity index is 2.70. The Bertz CT molecular complexity index is 578. The molecule has 3 N–H and O–H groups in total. The number of pyridine rings is 1. The number of aryl methyl sites for hydroxylation is 1. The van der Waals surface area contributed by atoms with E-state index >= 15 is 0 Å². The molecule has 0 fully saturated rings. The van der Waals surface area contributed by atoms with E-state index in [0.29, 0.717) is 6.54 Å². The molecule has 0 unspecified atom stereocenters. The smallest absolute Gasteiger partial charge is 0.134 e. The molecule has 0 saturated carbocycles. The Morgan fingerprint density at radius 2 is 2.29 bits per heavy atom. The second kappa shape index (κ2) is 4.75. The Labute approximate surface area is 109 Å². The number of nitrogens with one attached hydrogen (secondary N) is 1. The summed E-state index contributed by atoms with van der Waals surface area (Å²) in [6.07, 6.45) is 3.56. The lowest BCUT2D eigenvalue weighted by atomic mass is 10.1. The fourth-order valence-corrected chi connectivity index (χ4v) is 2.38. The van der Waals surface area contributed by atoms with Crippen LogP contribution in [0.15, 0.2) is 35.5 Å². The monoisotopic (exact) mass is 291 g/mol. The summed E-state index contributed by atoms with van der Waals surface area (Å²) in [5.74, 6) is 0.832. The van der Waals surface area contributed by atoms with Gasteiger partial charge in [0.2, 0.25) is 0 Å². The van der Waals surface area contributed by atoms with Crippen LogP contribution in [0.2, 0.25) is 0 Å². The molecular formula is C13H14BrN3. The molecule has 0 amide bonds. The molecule has 0 atom stereocenters. The van der Waals surface area contributed by atoms with E-state index in [2.05, 4.69) is 38.9 Å². The van der Waals surface area contributed by atoms with Gasteiger partial charge in [-0.3, -0.25) is 0 Å². The number of nitrogen functional groups attached to an aromatic ring is 1. The summed E-state index contributed by atoms with van der Waals surface area (Å²) in [4.78, 5) is 4.36. The van der Waals surface area contributed by atoms with Crippen LogP contribution >= 0.6 is 15.9 Å². The maximum atomic E-state index is 6.05. The molecule has 2 rings (SSSR count). The third-order valence-corrected chi connectivity index (χ3v) is 3.13. The number of nitrogens with two attached hydrogens (primary N) is 1. The summed E-state index contributed by atoms with van der Waals surface area (Å²) < 4.78 is 0.911. The van der Waals surface area contributed by atoms with Gasteiger partial charge in [-0.2, -0.15) is 0 Å². The molecule has 2 aromatic rings. The average molecular weight is 292 g/mol. The number of nitrogens with zero attached hydrogens (tertiary/aromatic N) is 1. The van der Waals surface area contributed by atoms with Gasteiger partial charge in [-0.15, -0.1) is 6.58 Å². The first-order valence-electron chi connectivity index (χ1n) is 5.32. The van der Waals surface area contributed by atoms with Gasteiger partial charge in [-0.05, 0) is 40.5 Å². The minimum absolute atomic E-state index is 0.678. The van der Waals surface area contributed by atoms with Gasteiger partial charge in [-0.25, -0.2) is 4.98 Å². The van der Waals surface area contributed by atoms with Crippen molar-refractivity contribution in [2.24, 2.45) is 0 Å². The summed E-state index contributed by atoms with van der Waals surface area (Å²) in [7, 11) is 0. The molecule has 0 aliphatic carbocycles. The molecular weight excluding hydrogens is 278 g/mol. The standard InChI is InChI=1S/C13H14BrN3/c1-3-4-16-13-9-5-8(2)6-11(15)12(9)10(14)7-17-13/h3,5-7H,1,4,15H2,2H3,(H,16,17). The normalized spacial score (nSPS) is 10.5. The van der Waals surface area contributed by atoms with Crippen LogP contribution in [0.3, 0.4) is 0 Å². The van der Waals surface area contributed by atoms with Gasteiger partial charge in [-0.1, -0.05) is 6.08 Å². The van der Waals surface area contributed by atoms with E-state index < -0.39 is 0 Å². The number of hydrogen-bond acceptors (Lipinski definition) is 3. The molecule has 1 aromatic heterocycles. The first kappa shape index (κ1) is 11.9. The molecule has 1 heterocycles. The Kier molecular flexibility index (Phi) is 3.33. The summed E-state index contributed by atoms with van der Waals surface area (Å²) in [6.45, 7) is 6.38. The Hall–Kier alpha value is -1.55. The van der Waals surface area contributed by atoms with E-state index in [4.69, 9.17) is 5.73 Å². The van der Waals surface area contributed by atoms with Crippen molar-refractivity contribution >= 4 is 38.2 Å². The predicted molar refractivity (Wildman–Crippen MR) is 77.3 cm³/mol. The molecule has 0 aliphatic rings. The number of fused-ring (bicyclic) bond motifs is 1. The van der Waals surface area contributed by atoms with Gasteiger partial charge in [0.25, 0.3) is 0 Å². The first-order valence-corrected chi connectivity index (χ1v) is 6.12. The third kappa shape index (κ3) is 2.26. The van der Waals surface area contributed by atoms with Crippen molar-refractivity contribution in [2.45, 2.75) is 6.92 Å². The average Bonchev–Trinajstić information content (AvgIpc) is 2.27. The van der Waals surface area contributed by atoms with Crippen LogP contribution in [0.5, 0.6) is 0 Å². The SMILES string of the molecule is C=CCNc1ncc(Br)c2c(N)cc(C)cc12. The zero-order valence-corrected chi connectivity index (χ0v) is 11.2. The van der Waals surface area contributed by atoms with Crippen molar-refractivity contribution in [3.05, 3.63) is 41.0 Å². The fourth-order valence-electron chi connectivity index (χ4n) is 1.83. The topological polar surface area (TPSA) is 50.9 Å². The van der Waals surface area contributed by atoms with E-state index in [1.54, 1.807) is 12.3 Å². The lowest BCUT2D eigenvalue weighted by Crippen LogP contribution is -2.02. The maximum absolute atomic E-state index is 6.05. The number of hydrogen-bond donors (Lipinski definition) is 2. The van der Waals surface area contributed by atoms with Crippen LogP contribution < -0.4 is 11.1 Å². The molecule has 4 heteroatoms. The highest BCUT2D eigenvalue weighted by Gasteiger charge is 2.09. The third-order valence-electron chi connectivity index (χ3n) is 2.53. The Morgan fingerprint density at radius 3 is 3.00 bits per heavy atom. The zero-order valence-electron chi connectivity index (χ0n) is 9.63. The number of anilines is 2. The minimum atomic E-state index is 0.678. The quantitative estimate of drug-likeness (QED) is 0.672. The van der Waals surface area contributed by atoms with Gasteiger partial charge in [0.1, 0.15) is 5.82 Å². The highest BCUT2D eigenvalue weighted by molar-refractivity contribution is 9.10. The van der Waals surface area contributed by atoms with Crippen molar-refractivity contribution in [3.8, 4) is 0 Å². The van der Waals surface area contributed by atoms with Gasteiger partial charge in [0, 0.05) is 33.7 Å². The van der Waals surface area contributed by atoms with E-state index in [9.17, 15) is 0 Å². The minimum Gasteiger partial charge on any atom is -0.398 e. The largest absolute Gasteiger partial charge is 0.398 e. The lowest BCUT2D eigenvalue weighted by molar-refractivity contribution is 1.24. The van der Waals surface area contributed by atoms with E-state index in [1.165, 1.54) is 0 Å². The van der Waals surface area contributed by atoms with Gasteiger partial charge in [0.15, 0.2) is 0 Å². The molecule has 0 spiro atoms. The van der Waals surface area contributed by atoms with Crippen molar-refractivity contribution in [3.63, 3.8) is 0 Å². The number of halogens is 1. The summed E-state index contributed by atoms with van der Waals surface area (Å²) in [5.41, 5.74) is 7.93. The highest BCUT2D eigenvalue weighted by Crippen LogP contribution is 2.33. The van der Waals surface area contributed by atoms with Crippen LogP contribution in [0, 0.1) is 6.92 Å². The van der Waals surface area contributed by atoms with Gasteiger partial charge >= 0.3 is 0 Å². The van der Waals surface area contributed by atoms with E-state index in [0.717, 1.165) is 32.3 Å². The summed E-state index contributed by atoms with van der Waals surface area (Å²) in [6, 6.07) is 4.04. The molecule has 0 saturated heterocycles. The van der Waals surface area contributed by atoms with Crippen LogP contribution in [-0.2, 0) is 0 Å².